The quantitative estimate of drug-likeness (QED) is 0.142. The minimum absolute atomic E-state index is 1.22. The van der Waals surface area contributed by atoms with E-state index in [-0.39, 0.29) is 0 Å². The summed E-state index contributed by atoms with van der Waals surface area (Å²) in [5, 5.41) is 20.7. The average molecular weight is 1190 g/mol. The number of aryl methyl sites for hydroxylation is 6. The molecule has 1 aliphatic rings. The molecule has 0 nitrogen and oxygen atoms in total. The number of hydrogen-bond acceptors (Lipinski definition) is 0. The van der Waals surface area contributed by atoms with Crippen molar-refractivity contribution in [3.63, 3.8) is 0 Å². The van der Waals surface area contributed by atoms with Crippen molar-refractivity contribution >= 4 is 86.2 Å². The fourth-order valence-electron chi connectivity index (χ4n) is 16.7. The lowest BCUT2D eigenvalue weighted by atomic mass is 9.82. The van der Waals surface area contributed by atoms with Crippen molar-refractivity contribution in [2.45, 2.75) is 41.5 Å². The van der Waals surface area contributed by atoms with Gasteiger partial charge in [0.2, 0.25) is 0 Å². The van der Waals surface area contributed by atoms with Crippen molar-refractivity contribution in [1.29, 1.82) is 0 Å². The van der Waals surface area contributed by atoms with Crippen LogP contribution in [0.5, 0.6) is 0 Å². The molecule has 18 aromatic rings. The van der Waals surface area contributed by atoms with Gasteiger partial charge in [-0.05, 0) is 245 Å². The molecule has 0 saturated heterocycles. The predicted molar refractivity (Wildman–Crippen MR) is 405 cm³/mol. The molecule has 0 heteroatoms. The Balaban J connectivity index is 0.887. The Morgan fingerprint density at radius 3 is 0.851 bits per heavy atom. The van der Waals surface area contributed by atoms with Gasteiger partial charge in [-0.1, -0.05) is 306 Å². The molecular weight excluding hydrogens is 1130 g/mol. The van der Waals surface area contributed by atoms with E-state index < -0.39 is 0 Å². The fraction of sp³-hybridized carbons (Fsp3) is 0.0638. The third-order valence-corrected chi connectivity index (χ3v) is 21.2. The molecule has 0 amide bonds. The fourth-order valence-corrected chi connectivity index (χ4v) is 16.7. The smallest absolute Gasteiger partial charge is 0.000718 e. The van der Waals surface area contributed by atoms with Gasteiger partial charge in [0.25, 0.3) is 0 Å². The zero-order valence-corrected chi connectivity index (χ0v) is 53.6. The normalized spacial score (nSPS) is 12.1. The monoisotopic (exact) mass is 1190 g/mol. The highest BCUT2D eigenvalue weighted by atomic mass is 14.4. The Hall–Kier alpha value is -11.4. The Bertz CT molecular complexity index is 6080. The van der Waals surface area contributed by atoms with Gasteiger partial charge >= 0.3 is 0 Å². The van der Waals surface area contributed by atoms with Crippen LogP contribution in [0.2, 0.25) is 0 Å². The second-order valence-electron chi connectivity index (χ2n) is 26.9. The van der Waals surface area contributed by atoms with Crippen molar-refractivity contribution in [3.05, 3.63) is 312 Å². The molecule has 0 fully saturated rings. The molecule has 440 valence electrons. The standard InChI is InChI=1S/C94H64/c1-53-20-32-59(33-21-53)65-44-45-68(67-13-8-7-12-66(65)67)69-47-50-79-87-72(69)14-10-18-76(87)91-84(63-40-28-57(5)29-41-63)92-77-19-11-16-74-71(48-51-80(88(74)77)94(92)85(93(79)91)64-42-30-58(6)31-43-64)70-46-49-78-86-73(70)15-9-17-75(86)90-83(62-38-26-56(4)27-39-62)81(60-34-22-54(2)23-35-60)52-82(89(78)90)61-36-24-55(3)25-37-61/h7-52H,1-6H3. The second-order valence-corrected chi connectivity index (χ2v) is 26.9. The van der Waals surface area contributed by atoms with E-state index in [2.05, 4.69) is 321 Å². The first-order valence-corrected chi connectivity index (χ1v) is 33.2. The summed E-state index contributed by atoms with van der Waals surface area (Å²) in [4.78, 5) is 0. The molecule has 0 bridgehead atoms. The number of hydrogen-bond donors (Lipinski definition) is 0. The average Bonchev–Trinajstić information content (AvgIpc) is 1.52. The zero-order valence-electron chi connectivity index (χ0n) is 53.6. The van der Waals surface area contributed by atoms with Crippen LogP contribution in [-0.2, 0) is 0 Å². The van der Waals surface area contributed by atoms with Crippen LogP contribution < -0.4 is 0 Å². The third-order valence-electron chi connectivity index (χ3n) is 21.2. The molecular formula is C94H64. The highest BCUT2D eigenvalue weighted by molar-refractivity contribution is 6.47. The first-order valence-electron chi connectivity index (χ1n) is 33.2. The molecule has 1 aliphatic carbocycles. The summed E-state index contributed by atoms with van der Waals surface area (Å²) in [5.41, 5.74) is 32.7. The van der Waals surface area contributed by atoms with Crippen LogP contribution in [0, 0.1) is 41.5 Å². The van der Waals surface area contributed by atoms with Crippen LogP contribution in [0.4, 0.5) is 0 Å². The van der Waals surface area contributed by atoms with Crippen molar-refractivity contribution in [2.24, 2.45) is 0 Å². The van der Waals surface area contributed by atoms with Gasteiger partial charge in [0.15, 0.2) is 0 Å². The van der Waals surface area contributed by atoms with Crippen LogP contribution in [-0.4, -0.2) is 0 Å². The van der Waals surface area contributed by atoms with Gasteiger partial charge in [0.05, 0.1) is 0 Å². The van der Waals surface area contributed by atoms with E-state index in [1.807, 2.05) is 0 Å². The molecule has 0 spiro atoms. The first kappa shape index (κ1) is 54.3. The largest absolute Gasteiger partial charge is 0.0616 e. The van der Waals surface area contributed by atoms with E-state index in [0.717, 1.165) is 0 Å². The molecule has 94 heavy (non-hydrogen) atoms. The SMILES string of the molecule is Cc1ccc(-c2cc(-c3ccc(C)cc3)c3c(c2-c2ccc(C)cc2)-c2cccc4c(-c5ccc6c7c(-c8ccc(C)cc8)c8c9ccc(-c%10ccc(-c%11ccc(C)cc%11)c%11ccccc%10%11)c%10cccc(c8c(-c8ccc(C)cc8)c7c7cccc5c76)c%109)ccc-3c24)cc1. The molecule has 0 saturated carbocycles. The van der Waals surface area contributed by atoms with Crippen molar-refractivity contribution < 1.29 is 0 Å². The summed E-state index contributed by atoms with van der Waals surface area (Å²) in [6.07, 6.45) is 0. The first-order chi connectivity index (χ1) is 46.1. The molecule has 18 aromatic carbocycles. The number of rotatable bonds is 8. The van der Waals surface area contributed by atoms with Gasteiger partial charge in [-0.3, -0.25) is 0 Å². The molecule has 0 radical (unpaired) electrons. The molecule has 0 atom stereocenters. The summed E-state index contributed by atoms with van der Waals surface area (Å²) in [6, 6.07) is 108. The maximum atomic E-state index is 2.49. The van der Waals surface area contributed by atoms with E-state index in [9.17, 15) is 0 Å². The van der Waals surface area contributed by atoms with Gasteiger partial charge in [0, 0.05) is 0 Å². The summed E-state index contributed by atoms with van der Waals surface area (Å²) in [7, 11) is 0. The maximum Gasteiger partial charge on any atom is -0.000718 e. The number of benzene rings is 16. The summed E-state index contributed by atoms with van der Waals surface area (Å²) in [6.45, 7) is 13.1. The van der Waals surface area contributed by atoms with Gasteiger partial charge in [-0.15, -0.1) is 0 Å². The van der Waals surface area contributed by atoms with Crippen molar-refractivity contribution in [1.82, 2.24) is 0 Å². The highest BCUT2D eigenvalue weighted by Gasteiger charge is 2.33. The van der Waals surface area contributed by atoms with Gasteiger partial charge < -0.3 is 0 Å². The lowest BCUT2D eigenvalue weighted by molar-refractivity contribution is 1.45. The van der Waals surface area contributed by atoms with Crippen LogP contribution >= 0.6 is 0 Å². The number of fused-ring (bicyclic) bond motifs is 10. The van der Waals surface area contributed by atoms with E-state index in [4.69, 9.17) is 0 Å². The Labute approximate surface area is 548 Å². The van der Waals surface area contributed by atoms with E-state index in [0.29, 0.717) is 0 Å². The van der Waals surface area contributed by atoms with Gasteiger partial charge in [0.1, 0.15) is 0 Å². The summed E-state index contributed by atoms with van der Waals surface area (Å²) in [5.74, 6) is 0. The minimum atomic E-state index is 1.22. The Morgan fingerprint density at radius 2 is 0.415 bits per heavy atom. The highest BCUT2D eigenvalue weighted by Crippen LogP contribution is 2.61. The molecule has 19 rings (SSSR count). The molecule has 0 heterocycles. The van der Waals surface area contributed by atoms with Crippen molar-refractivity contribution in [3.8, 4) is 111 Å². The molecule has 0 N–H and O–H groups in total. The van der Waals surface area contributed by atoms with Crippen LogP contribution in [0.3, 0.4) is 0 Å². The Morgan fingerprint density at radius 1 is 0.138 bits per heavy atom. The van der Waals surface area contributed by atoms with Gasteiger partial charge in [-0.2, -0.15) is 0 Å². The molecule has 0 aliphatic heterocycles. The zero-order chi connectivity index (χ0) is 62.8. The van der Waals surface area contributed by atoms with Crippen LogP contribution in [0.25, 0.3) is 197 Å². The van der Waals surface area contributed by atoms with Crippen LogP contribution in [0.1, 0.15) is 33.4 Å². The molecule has 0 aromatic heterocycles. The van der Waals surface area contributed by atoms with E-state index in [1.54, 1.807) is 0 Å². The lowest BCUT2D eigenvalue weighted by Crippen LogP contribution is -1.95. The summed E-state index contributed by atoms with van der Waals surface area (Å²) >= 11 is 0. The van der Waals surface area contributed by atoms with E-state index in [1.165, 1.54) is 231 Å². The summed E-state index contributed by atoms with van der Waals surface area (Å²) < 4.78 is 0. The van der Waals surface area contributed by atoms with E-state index >= 15 is 0 Å². The lowest BCUT2D eigenvalue weighted by Gasteiger charge is -2.21. The van der Waals surface area contributed by atoms with Gasteiger partial charge in [-0.25, -0.2) is 0 Å². The molecule has 0 unspecified atom stereocenters. The maximum absolute atomic E-state index is 2.49. The van der Waals surface area contributed by atoms with Crippen LogP contribution in [0.15, 0.2) is 279 Å². The minimum Gasteiger partial charge on any atom is -0.0616 e. The Kier molecular flexibility index (Phi) is 11.9. The third kappa shape index (κ3) is 7.93. The van der Waals surface area contributed by atoms with Crippen molar-refractivity contribution in [2.75, 3.05) is 0 Å². The predicted octanol–water partition coefficient (Wildman–Crippen LogP) is 26.6. The second kappa shape index (κ2) is 20.5. The topological polar surface area (TPSA) is 0 Å².